The Kier molecular flexibility index (Phi) is 11.5. The molecule has 0 atom stereocenters. The van der Waals surface area contributed by atoms with Crippen molar-refractivity contribution in [2.24, 2.45) is 5.73 Å². The Morgan fingerprint density at radius 3 is 2.13 bits per heavy atom. The molecule has 0 fully saturated rings. The summed E-state index contributed by atoms with van der Waals surface area (Å²) in [6.07, 6.45) is 1.92. The van der Waals surface area contributed by atoms with Crippen LogP contribution in [0.25, 0.3) is 0 Å². The lowest BCUT2D eigenvalue weighted by Crippen LogP contribution is -2.21. The summed E-state index contributed by atoms with van der Waals surface area (Å²) >= 11 is 0. The third kappa shape index (κ3) is 9.86. The Bertz CT molecular complexity index is 745. The molecule has 1 aromatic carbocycles. The lowest BCUT2D eigenvalue weighted by molar-refractivity contribution is 0.0547. The standard InChI is InChI=1S/C21H34FN7O2/c1-3-18(4-2)26-21-28-19(24-10-12-31-14-13-30-11-9-23)27-20(29-21)25-15-16-5-7-17(22)8-6-16/h5-8,18H,3-4,9-15,23H2,1-2H3,(H3,24,25,26,27,28,29). The number of rotatable bonds is 16. The number of aromatic nitrogens is 3. The number of hydrogen-bond donors (Lipinski definition) is 4. The fraction of sp³-hybridized carbons (Fsp3) is 0.571. The molecule has 0 aliphatic heterocycles. The normalized spacial score (nSPS) is 11.0. The SMILES string of the molecule is CCC(CC)Nc1nc(NCCOCCOCCN)nc(NCc2ccc(F)cc2)n1. The van der Waals surface area contributed by atoms with Gasteiger partial charge in [-0.05, 0) is 30.5 Å². The minimum absolute atomic E-state index is 0.264. The molecular formula is C21H34FN7O2. The van der Waals surface area contributed by atoms with Gasteiger partial charge < -0.3 is 31.2 Å². The second-order valence-corrected chi connectivity index (χ2v) is 6.88. The van der Waals surface area contributed by atoms with Gasteiger partial charge in [0.1, 0.15) is 5.82 Å². The minimum atomic E-state index is -0.264. The van der Waals surface area contributed by atoms with E-state index in [1.807, 2.05) is 0 Å². The summed E-state index contributed by atoms with van der Waals surface area (Å²) in [4.78, 5) is 13.4. The van der Waals surface area contributed by atoms with Crippen LogP contribution in [0.5, 0.6) is 0 Å². The molecule has 10 heteroatoms. The van der Waals surface area contributed by atoms with Gasteiger partial charge in [0.25, 0.3) is 0 Å². The number of nitrogens with zero attached hydrogens (tertiary/aromatic N) is 3. The smallest absolute Gasteiger partial charge is 0.229 e. The second kappa shape index (κ2) is 14.4. The van der Waals surface area contributed by atoms with Crippen molar-refractivity contribution in [2.75, 3.05) is 55.5 Å². The maximum absolute atomic E-state index is 13.1. The number of nitrogens with one attached hydrogen (secondary N) is 3. The fourth-order valence-corrected chi connectivity index (χ4v) is 2.70. The molecule has 0 amide bonds. The van der Waals surface area contributed by atoms with Crippen LogP contribution in [-0.4, -0.2) is 60.5 Å². The Hall–Kier alpha value is -2.56. The van der Waals surface area contributed by atoms with Crippen molar-refractivity contribution in [2.45, 2.75) is 39.3 Å². The average Bonchev–Trinajstić information content (AvgIpc) is 2.79. The van der Waals surface area contributed by atoms with Crippen LogP contribution in [0.4, 0.5) is 22.2 Å². The van der Waals surface area contributed by atoms with Crippen molar-refractivity contribution in [1.29, 1.82) is 0 Å². The van der Waals surface area contributed by atoms with Crippen molar-refractivity contribution in [3.63, 3.8) is 0 Å². The molecule has 0 radical (unpaired) electrons. The molecule has 0 spiro atoms. The van der Waals surface area contributed by atoms with Crippen molar-refractivity contribution in [1.82, 2.24) is 15.0 Å². The lowest BCUT2D eigenvalue weighted by Gasteiger charge is -2.16. The largest absolute Gasteiger partial charge is 0.378 e. The molecule has 0 saturated heterocycles. The first-order valence-electron chi connectivity index (χ1n) is 10.7. The molecule has 2 rings (SSSR count). The third-order valence-electron chi connectivity index (χ3n) is 4.48. The Morgan fingerprint density at radius 2 is 1.48 bits per heavy atom. The van der Waals surface area contributed by atoms with Gasteiger partial charge in [-0.1, -0.05) is 26.0 Å². The number of nitrogens with two attached hydrogens (primary N) is 1. The van der Waals surface area contributed by atoms with Gasteiger partial charge in [0.2, 0.25) is 17.8 Å². The van der Waals surface area contributed by atoms with E-state index in [1.165, 1.54) is 12.1 Å². The van der Waals surface area contributed by atoms with Crippen molar-refractivity contribution in [3.05, 3.63) is 35.6 Å². The van der Waals surface area contributed by atoms with Crippen molar-refractivity contribution < 1.29 is 13.9 Å². The van der Waals surface area contributed by atoms with Crippen LogP contribution in [0.3, 0.4) is 0 Å². The quantitative estimate of drug-likeness (QED) is 0.295. The molecule has 9 nitrogen and oxygen atoms in total. The Labute approximate surface area is 183 Å². The van der Waals surface area contributed by atoms with E-state index in [1.54, 1.807) is 12.1 Å². The van der Waals surface area contributed by atoms with E-state index in [2.05, 4.69) is 44.7 Å². The molecule has 0 unspecified atom stereocenters. The summed E-state index contributed by atoms with van der Waals surface area (Å²) in [5.41, 5.74) is 6.29. The molecule has 1 heterocycles. The van der Waals surface area contributed by atoms with Gasteiger partial charge in [-0.15, -0.1) is 0 Å². The third-order valence-corrected chi connectivity index (χ3v) is 4.48. The molecule has 31 heavy (non-hydrogen) atoms. The summed E-state index contributed by atoms with van der Waals surface area (Å²) < 4.78 is 23.9. The maximum Gasteiger partial charge on any atom is 0.229 e. The number of benzene rings is 1. The van der Waals surface area contributed by atoms with E-state index in [9.17, 15) is 4.39 Å². The molecule has 0 saturated carbocycles. The highest BCUT2D eigenvalue weighted by molar-refractivity contribution is 5.43. The van der Waals surface area contributed by atoms with Crippen LogP contribution < -0.4 is 21.7 Å². The highest BCUT2D eigenvalue weighted by Gasteiger charge is 2.10. The van der Waals surface area contributed by atoms with E-state index in [0.717, 1.165) is 18.4 Å². The van der Waals surface area contributed by atoms with E-state index < -0.39 is 0 Å². The molecule has 0 aliphatic rings. The van der Waals surface area contributed by atoms with Crippen LogP contribution in [-0.2, 0) is 16.0 Å². The first-order valence-corrected chi connectivity index (χ1v) is 10.7. The molecule has 172 valence electrons. The molecular weight excluding hydrogens is 401 g/mol. The first-order chi connectivity index (χ1) is 15.1. The minimum Gasteiger partial charge on any atom is -0.378 e. The zero-order valence-electron chi connectivity index (χ0n) is 18.4. The predicted octanol–water partition coefficient (Wildman–Crippen LogP) is 2.63. The number of hydrogen-bond acceptors (Lipinski definition) is 9. The van der Waals surface area contributed by atoms with Crippen molar-refractivity contribution in [3.8, 4) is 0 Å². The Morgan fingerprint density at radius 1 is 0.871 bits per heavy atom. The van der Waals surface area contributed by atoms with E-state index in [0.29, 0.717) is 63.9 Å². The Balaban J connectivity index is 1.93. The van der Waals surface area contributed by atoms with Gasteiger partial charge in [0.05, 0.1) is 26.4 Å². The first kappa shape index (κ1) is 24.7. The molecule has 0 aliphatic carbocycles. The number of ether oxygens (including phenoxy) is 2. The second-order valence-electron chi connectivity index (χ2n) is 6.88. The van der Waals surface area contributed by atoms with Crippen LogP contribution in [0, 0.1) is 5.82 Å². The van der Waals surface area contributed by atoms with E-state index in [-0.39, 0.29) is 11.9 Å². The molecule has 0 bridgehead atoms. The van der Waals surface area contributed by atoms with Crippen LogP contribution in [0.2, 0.25) is 0 Å². The monoisotopic (exact) mass is 435 g/mol. The average molecular weight is 436 g/mol. The summed E-state index contributed by atoms with van der Waals surface area (Å²) in [7, 11) is 0. The highest BCUT2D eigenvalue weighted by atomic mass is 19.1. The zero-order chi connectivity index (χ0) is 22.3. The van der Waals surface area contributed by atoms with E-state index >= 15 is 0 Å². The fourth-order valence-electron chi connectivity index (χ4n) is 2.70. The van der Waals surface area contributed by atoms with Crippen molar-refractivity contribution >= 4 is 17.8 Å². The predicted molar refractivity (Wildman–Crippen MR) is 121 cm³/mol. The van der Waals surface area contributed by atoms with Gasteiger partial charge in [-0.2, -0.15) is 15.0 Å². The molecule has 2 aromatic rings. The molecule has 5 N–H and O–H groups in total. The maximum atomic E-state index is 13.1. The van der Waals surface area contributed by atoms with Crippen LogP contribution >= 0.6 is 0 Å². The van der Waals surface area contributed by atoms with Crippen LogP contribution in [0.15, 0.2) is 24.3 Å². The molecule has 1 aromatic heterocycles. The van der Waals surface area contributed by atoms with Gasteiger partial charge in [-0.25, -0.2) is 4.39 Å². The van der Waals surface area contributed by atoms with Gasteiger partial charge in [-0.3, -0.25) is 0 Å². The summed E-state index contributed by atoms with van der Waals surface area (Å²) in [5, 5.41) is 9.69. The van der Waals surface area contributed by atoms with Gasteiger partial charge in [0, 0.05) is 25.7 Å². The summed E-state index contributed by atoms with van der Waals surface area (Å²) in [6.45, 7) is 7.80. The topological polar surface area (TPSA) is 119 Å². The zero-order valence-corrected chi connectivity index (χ0v) is 18.4. The summed E-state index contributed by atoms with van der Waals surface area (Å²) in [5.74, 6) is 1.13. The highest BCUT2D eigenvalue weighted by Crippen LogP contribution is 2.13. The number of halogens is 1. The van der Waals surface area contributed by atoms with Gasteiger partial charge in [0.15, 0.2) is 0 Å². The van der Waals surface area contributed by atoms with E-state index in [4.69, 9.17) is 15.2 Å². The van der Waals surface area contributed by atoms with Crippen LogP contribution in [0.1, 0.15) is 32.3 Å². The lowest BCUT2D eigenvalue weighted by atomic mass is 10.2. The number of anilines is 3. The summed E-state index contributed by atoms with van der Waals surface area (Å²) in [6, 6.07) is 6.58. The van der Waals surface area contributed by atoms with Gasteiger partial charge >= 0.3 is 0 Å².